The molecule has 12 nitrogen and oxygen atoms in total. The molecule has 0 saturated carbocycles. The van der Waals surface area contributed by atoms with Crippen molar-refractivity contribution in [3.63, 3.8) is 0 Å². The Morgan fingerprint density at radius 3 is 2.49 bits per heavy atom. The first-order valence-electron chi connectivity index (χ1n) is 12.5. The number of aliphatic hydroxyl groups is 2. The van der Waals surface area contributed by atoms with Crippen LogP contribution in [-0.4, -0.2) is 80.2 Å². The third kappa shape index (κ3) is 4.07. The zero-order valence-electron chi connectivity index (χ0n) is 21.5. The average molecular weight is 543 g/mol. The van der Waals surface area contributed by atoms with Gasteiger partial charge in [-0.05, 0) is 19.9 Å². The topological polar surface area (TPSA) is 201 Å². The largest absolute Gasteiger partial charge is 0.507 e. The fourth-order valence-electron chi connectivity index (χ4n) is 5.76. The number of methoxy groups -OCH3 is 1. The van der Waals surface area contributed by atoms with Gasteiger partial charge in [-0.2, -0.15) is 0 Å². The first-order valence-corrected chi connectivity index (χ1v) is 12.5. The van der Waals surface area contributed by atoms with Crippen LogP contribution in [-0.2, 0) is 15.9 Å². The van der Waals surface area contributed by atoms with Gasteiger partial charge in [-0.3, -0.25) is 9.59 Å². The van der Waals surface area contributed by atoms with E-state index in [9.17, 15) is 35.2 Å². The maximum Gasteiger partial charge on any atom is 0.202 e. The van der Waals surface area contributed by atoms with E-state index in [1.165, 1.54) is 32.2 Å². The number of nitrogens with zero attached hydrogens (tertiary/aromatic N) is 1. The van der Waals surface area contributed by atoms with Crippen LogP contribution in [0.5, 0.6) is 17.2 Å². The van der Waals surface area contributed by atoms with Crippen LogP contribution >= 0.6 is 0 Å². The fraction of sp³-hybridized carbons (Fsp3) is 0.444. The Balaban J connectivity index is 1.69. The van der Waals surface area contributed by atoms with Gasteiger partial charge in [-0.15, -0.1) is 0 Å². The summed E-state index contributed by atoms with van der Waals surface area (Å²) in [7, 11) is 1.34. The Kier molecular flexibility index (Phi) is 6.64. The third-order valence-corrected chi connectivity index (χ3v) is 7.97. The molecule has 12 heteroatoms. The van der Waals surface area contributed by atoms with Crippen molar-refractivity contribution >= 4 is 17.3 Å². The van der Waals surface area contributed by atoms with Crippen LogP contribution in [0.15, 0.2) is 23.4 Å². The molecule has 0 radical (unpaired) electrons. The molecule has 0 aromatic heterocycles. The smallest absolute Gasteiger partial charge is 0.202 e. The second-order valence-corrected chi connectivity index (χ2v) is 10.3. The van der Waals surface area contributed by atoms with Gasteiger partial charge in [0.05, 0.1) is 47.8 Å². The quantitative estimate of drug-likeness (QED) is 0.120. The van der Waals surface area contributed by atoms with Gasteiger partial charge in [0.2, 0.25) is 5.78 Å². The van der Waals surface area contributed by atoms with Gasteiger partial charge in [0, 0.05) is 42.0 Å². The normalized spacial score (nSPS) is 30.4. The van der Waals surface area contributed by atoms with E-state index < -0.39 is 70.4 Å². The summed E-state index contributed by atoms with van der Waals surface area (Å²) >= 11 is 0. The van der Waals surface area contributed by atoms with Crippen molar-refractivity contribution in [2.75, 3.05) is 7.11 Å². The lowest BCUT2D eigenvalue weighted by atomic mass is 9.72. The molecule has 1 fully saturated rings. The molecule has 39 heavy (non-hydrogen) atoms. The Labute approximate surface area is 223 Å². The number of ketones is 2. The molecule has 2 aromatic carbocycles. The van der Waals surface area contributed by atoms with Crippen LogP contribution < -0.4 is 10.5 Å². The lowest BCUT2D eigenvalue weighted by Gasteiger charge is -2.42. The summed E-state index contributed by atoms with van der Waals surface area (Å²) < 4.78 is 17.2. The number of hydrogen-bond acceptors (Lipinski definition) is 12. The number of aliphatic hydroxyl groups excluding tert-OH is 1. The molecule has 208 valence electrons. The van der Waals surface area contributed by atoms with Gasteiger partial charge in [0.1, 0.15) is 22.8 Å². The zero-order valence-corrected chi connectivity index (χ0v) is 21.5. The van der Waals surface area contributed by atoms with Crippen molar-refractivity contribution in [3.05, 3.63) is 51.6 Å². The molecule has 4 unspecified atom stereocenters. The second kappa shape index (κ2) is 9.57. The molecular weight excluding hydrogens is 512 g/mol. The number of ether oxygens (including phenoxy) is 3. The third-order valence-electron chi connectivity index (χ3n) is 7.97. The number of phenolic OH excluding ortho intramolecular Hbond substituents is 2. The number of nitrogens with two attached hydrogens (primary N) is 1. The van der Waals surface area contributed by atoms with Crippen molar-refractivity contribution in [2.24, 2.45) is 10.9 Å². The van der Waals surface area contributed by atoms with Crippen LogP contribution in [0.3, 0.4) is 0 Å². The molecule has 3 aliphatic rings. The van der Waals surface area contributed by atoms with Crippen LogP contribution in [0.4, 0.5) is 0 Å². The summed E-state index contributed by atoms with van der Waals surface area (Å²) in [6.45, 7) is 2.99. The summed E-state index contributed by atoms with van der Waals surface area (Å²) in [5.41, 5.74) is 3.14. The minimum absolute atomic E-state index is 0.00869. The SMILES string of the molecule is COc1cccc2c1C(=O)c1c(O)c3c(c(O)c1C2=O)C[C@@](O)(/C(C)=N/O)C[C@@H]3OC1CC(N)C(O)C(C)O1. The number of oxime groups is 1. The lowest BCUT2D eigenvalue weighted by molar-refractivity contribution is -0.245. The van der Waals surface area contributed by atoms with Gasteiger partial charge in [0.25, 0.3) is 0 Å². The zero-order chi connectivity index (χ0) is 28.4. The van der Waals surface area contributed by atoms with Crippen molar-refractivity contribution in [1.29, 1.82) is 0 Å². The van der Waals surface area contributed by atoms with Crippen molar-refractivity contribution < 1.29 is 49.4 Å². The summed E-state index contributed by atoms with van der Waals surface area (Å²) in [4.78, 5) is 27.2. The number of carbonyl (C=O) groups excluding carboxylic acids is 2. The van der Waals surface area contributed by atoms with Gasteiger partial charge in [-0.25, -0.2) is 0 Å². The summed E-state index contributed by atoms with van der Waals surface area (Å²) in [5.74, 6) is -2.51. The van der Waals surface area contributed by atoms with E-state index in [2.05, 4.69) is 5.16 Å². The lowest BCUT2D eigenvalue weighted by Crippen LogP contribution is -2.52. The molecule has 1 aliphatic heterocycles. The Morgan fingerprint density at radius 1 is 1.15 bits per heavy atom. The number of rotatable bonds is 4. The fourth-order valence-corrected chi connectivity index (χ4v) is 5.76. The molecule has 2 aromatic rings. The Morgan fingerprint density at radius 2 is 1.85 bits per heavy atom. The Hall–Kier alpha value is -3.55. The Bertz CT molecular complexity index is 1390. The first kappa shape index (κ1) is 27.0. The van der Waals surface area contributed by atoms with Gasteiger partial charge >= 0.3 is 0 Å². The minimum atomic E-state index is -1.85. The van der Waals surface area contributed by atoms with Crippen molar-refractivity contribution in [3.8, 4) is 17.2 Å². The highest BCUT2D eigenvalue weighted by molar-refractivity contribution is 6.31. The minimum Gasteiger partial charge on any atom is -0.507 e. The maximum absolute atomic E-state index is 13.7. The maximum atomic E-state index is 13.7. The molecule has 1 heterocycles. The van der Waals surface area contributed by atoms with Crippen LogP contribution in [0.2, 0.25) is 0 Å². The van der Waals surface area contributed by atoms with E-state index in [0.717, 1.165) is 0 Å². The van der Waals surface area contributed by atoms with E-state index in [0.29, 0.717) is 0 Å². The van der Waals surface area contributed by atoms with E-state index >= 15 is 0 Å². The molecular formula is C27H30N2O10. The number of aromatic hydroxyl groups is 2. The van der Waals surface area contributed by atoms with Gasteiger partial charge in [-0.1, -0.05) is 17.3 Å². The van der Waals surface area contributed by atoms with E-state index in [1.54, 1.807) is 6.92 Å². The van der Waals surface area contributed by atoms with Crippen molar-refractivity contribution in [2.45, 2.75) is 69.4 Å². The molecule has 2 aliphatic carbocycles. The molecule has 0 amide bonds. The highest BCUT2D eigenvalue weighted by Crippen LogP contribution is 2.52. The van der Waals surface area contributed by atoms with Gasteiger partial charge < -0.3 is 45.6 Å². The van der Waals surface area contributed by atoms with E-state index in [-0.39, 0.29) is 53.0 Å². The summed E-state index contributed by atoms with van der Waals surface area (Å²) in [5, 5.41) is 57.1. The molecule has 0 spiro atoms. The number of fused-ring (bicyclic) bond motifs is 3. The van der Waals surface area contributed by atoms with Crippen LogP contribution in [0.1, 0.15) is 75.8 Å². The van der Waals surface area contributed by atoms with Crippen LogP contribution in [0.25, 0.3) is 0 Å². The van der Waals surface area contributed by atoms with E-state index in [1.807, 2.05) is 0 Å². The standard InChI is InChI=1S/C27H30N2O10/c1-10-22(30)14(28)7-17(38-10)39-16-9-27(35,11(2)29-36)8-13-19(16)26(34)21-20(24(13)32)23(31)12-5-4-6-15(37-3)18(12)25(21)33/h4-6,10,14,16-17,22,30,32,34-36H,7-9,28H2,1-3H3/b29-11+/t10?,14?,16-,17?,22?,27-/m0/s1. The predicted molar refractivity (Wildman–Crippen MR) is 135 cm³/mol. The van der Waals surface area contributed by atoms with Crippen molar-refractivity contribution in [1.82, 2.24) is 0 Å². The molecule has 5 rings (SSSR count). The molecule has 1 saturated heterocycles. The summed E-state index contributed by atoms with van der Waals surface area (Å²) in [6.07, 6.45) is -4.34. The van der Waals surface area contributed by atoms with E-state index in [4.69, 9.17) is 19.9 Å². The highest BCUT2D eigenvalue weighted by atomic mass is 16.7. The second-order valence-electron chi connectivity index (χ2n) is 10.3. The average Bonchev–Trinajstić information content (AvgIpc) is 2.90. The highest BCUT2D eigenvalue weighted by Gasteiger charge is 2.49. The monoisotopic (exact) mass is 542 g/mol. The number of hydrogen-bond donors (Lipinski definition) is 6. The summed E-state index contributed by atoms with van der Waals surface area (Å²) in [6, 6.07) is 3.77. The number of phenols is 2. The molecule has 0 bridgehead atoms. The van der Waals surface area contributed by atoms with Gasteiger partial charge in [0.15, 0.2) is 12.1 Å². The first-order chi connectivity index (χ1) is 18.4. The molecule has 6 atom stereocenters. The van der Waals surface area contributed by atoms with Crippen LogP contribution in [0, 0.1) is 0 Å². The predicted octanol–water partition coefficient (Wildman–Crippen LogP) is 1.29. The molecule has 7 N–H and O–H groups in total. The number of benzene rings is 2. The number of carbonyl (C=O) groups is 2.